The Bertz CT molecular complexity index is 1410. The van der Waals surface area contributed by atoms with Crippen molar-refractivity contribution in [2.75, 3.05) is 0 Å². The van der Waals surface area contributed by atoms with Crippen molar-refractivity contribution >= 4 is 17.1 Å². The van der Waals surface area contributed by atoms with Gasteiger partial charge in [-0.25, -0.2) is 9.97 Å². The van der Waals surface area contributed by atoms with Gasteiger partial charge in [0, 0.05) is 29.7 Å². The van der Waals surface area contributed by atoms with Crippen molar-refractivity contribution in [2.24, 2.45) is 0 Å². The monoisotopic (exact) mass is 403 g/mol. The third kappa shape index (κ3) is 2.80. The van der Waals surface area contributed by atoms with E-state index in [1.807, 2.05) is 30.3 Å². The highest BCUT2D eigenvalue weighted by Crippen LogP contribution is 2.47. The summed E-state index contributed by atoms with van der Waals surface area (Å²) in [4.78, 5) is 29.4. The quantitative estimate of drug-likeness (QED) is 0.464. The maximum absolute atomic E-state index is 12.9. The van der Waals surface area contributed by atoms with Crippen molar-refractivity contribution in [3.05, 3.63) is 102 Å². The molecule has 2 N–H and O–H groups in total. The minimum atomic E-state index is -0.241. The summed E-state index contributed by atoms with van der Waals surface area (Å²) in [6.45, 7) is 0. The van der Waals surface area contributed by atoms with E-state index in [1.54, 1.807) is 30.7 Å². The van der Waals surface area contributed by atoms with E-state index in [-0.39, 0.29) is 11.9 Å². The Balaban J connectivity index is 1.49. The SMILES string of the molecule is O=C(NC1c2ccccc2-c2c(-c3nc4ncccc4[nH]3)cccc21)c1ccncc1. The first-order chi connectivity index (χ1) is 15.3. The van der Waals surface area contributed by atoms with Gasteiger partial charge >= 0.3 is 0 Å². The zero-order chi connectivity index (χ0) is 20.8. The number of fused-ring (bicyclic) bond motifs is 4. The van der Waals surface area contributed by atoms with Crippen LogP contribution in [0.25, 0.3) is 33.7 Å². The highest BCUT2D eigenvalue weighted by molar-refractivity contribution is 5.97. The predicted octanol–water partition coefficient (Wildman–Crippen LogP) is 4.52. The number of nitrogens with one attached hydrogen (secondary N) is 2. The number of rotatable bonds is 3. The summed E-state index contributed by atoms with van der Waals surface area (Å²) in [7, 11) is 0. The molecule has 6 nitrogen and oxygen atoms in total. The molecule has 0 spiro atoms. The maximum atomic E-state index is 12.9. The van der Waals surface area contributed by atoms with Crippen molar-refractivity contribution in [3.63, 3.8) is 0 Å². The Morgan fingerprint density at radius 1 is 0.839 bits per heavy atom. The van der Waals surface area contributed by atoms with Gasteiger partial charge in [-0.15, -0.1) is 0 Å². The first-order valence-corrected chi connectivity index (χ1v) is 10.0. The lowest BCUT2D eigenvalue weighted by atomic mass is 9.98. The number of imidazole rings is 1. The second-order valence-electron chi connectivity index (χ2n) is 7.46. The highest BCUT2D eigenvalue weighted by Gasteiger charge is 2.32. The predicted molar refractivity (Wildman–Crippen MR) is 118 cm³/mol. The first kappa shape index (κ1) is 17.5. The molecule has 3 heterocycles. The van der Waals surface area contributed by atoms with E-state index in [0.29, 0.717) is 11.2 Å². The van der Waals surface area contributed by atoms with Crippen LogP contribution in [0.1, 0.15) is 27.5 Å². The fourth-order valence-corrected chi connectivity index (χ4v) is 4.30. The number of hydrogen-bond acceptors (Lipinski definition) is 4. The molecule has 2 aromatic carbocycles. The van der Waals surface area contributed by atoms with E-state index < -0.39 is 0 Å². The lowest BCUT2D eigenvalue weighted by molar-refractivity contribution is 0.0943. The first-order valence-electron chi connectivity index (χ1n) is 10.0. The molecule has 148 valence electrons. The van der Waals surface area contributed by atoms with Gasteiger partial charge in [0.15, 0.2) is 5.65 Å². The van der Waals surface area contributed by atoms with Crippen molar-refractivity contribution in [1.82, 2.24) is 25.3 Å². The third-order valence-corrected chi connectivity index (χ3v) is 5.68. The van der Waals surface area contributed by atoms with Crippen molar-refractivity contribution in [1.29, 1.82) is 0 Å². The highest BCUT2D eigenvalue weighted by atomic mass is 16.1. The molecule has 5 aromatic rings. The number of amides is 1. The van der Waals surface area contributed by atoms with Crippen LogP contribution in [0.5, 0.6) is 0 Å². The van der Waals surface area contributed by atoms with Crippen LogP contribution in [-0.2, 0) is 0 Å². The Labute approximate surface area is 178 Å². The molecule has 1 aliphatic carbocycles. The second kappa shape index (κ2) is 6.88. The molecule has 0 fully saturated rings. The van der Waals surface area contributed by atoms with E-state index in [4.69, 9.17) is 4.98 Å². The van der Waals surface area contributed by atoms with Gasteiger partial charge in [0.1, 0.15) is 5.82 Å². The van der Waals surface area contributed by atoms with Gasteiger partial charge in [0.05, 0.1) is 11.6 Å². The van der Waals surface area contributed by atoms with Crippen LogP contribution in [0.4, 0.5) is 0 Å². The lowest BCUT2D eigenvalue weighted by Crippen LogP contribution is -2.28. The van der Waals surface area contributed by atoms with E-state index in [1.165, 1.54) is 0 Å². The number of nitrogens with zero attached hydrogens (tertiary/aromatic N) is 3. The Kier molecular flexibility index (Phi) is 3.89. The summed E-state index contributed by atoms with van der Waals surface area (Å²) in [5.74, 6) is 0.634. The number of aromatic nitrogens is 4. The van der Waals surface area contributed by atoms with Gasteiger partial charge in [-0.1, -0.05) is 42.5 Å². The number of carbonyl (C=O) groups excluding carboxylic acids is 1. The topological polar surface area (TPSA) is 83.6 Å². The van der Waals surface area contributed by atoms with Gasteiger partial charge in [0.25, 0.3) is 5.91 Å². The Hall–Kier alpha value is -4.32. The Morgan fingerprint density at radius 2 is 1.65 bits per heavy atom. The number of aromatic amines is 1. The molecule has 3 aromatic heterocycles. The van der Waals surface area contributed by atoms with Crippen molar-refractivity contribution in [2.45, 2.75) is 6.04 Å². The normalized spacial score (nSPS) is 14.3. The van der Waals surface area contributed by atoms with Crippen LogP contribution in [0.3, 0.4) is 0 Å². The second-order valence-corrected chi connectivity index (χ2v) is 7.46. The van der Waals surface area contributed by atoms with Crippen LogP contribution >= 0.6 is 0 Å². The summed E-state index contributed by atoms with van der Waals surface area (Å²) in [6, 6.07) is 21.4. The molecule has 31 heavy (non-hydrogen) atoms. The minimum absolute atomic E-state index is 0.131. The van der Waals surface area contributed by atoms with E-state index in [2.05, 4.69) is 44.5 Å². The number of hydrogen-bond donors (Lipinski definition) is 2. The van der Waals surface area contributed by atoms with Gasteiger partial charge in [0.2, 0.25) is 0 Å². The zero-order valence-electron chi connectivity index (χ0n) is 16.4. The maximum Gasteiger partial charge on any atom is 0.252 e. The largest absolute Gasteiger partial charge is 0.341 e. The van der Waals surface area contributed by atoms with Crippen LogP contribution in [-0.4, -0.2) is 25.8 Å². The summed E-state index contributed by atoms with van der Waals surface area (Å²) >= 11 is 0. The molecule has 6 heteroatoms. The fourth-order valence-electron chi connectivity index (χ4n) is 4.30. The van der Waals surface area contributed by atoms with Gasteiger partial charge in [-0.05, 0) is 46.5 Å². The lowest BCUT2D eigenvalue weighted by Gasteiger charge is -2.16. The molecule has 0 saturated heterocycles. The van der Waals surface area contributed by atoms with Crippen LogP contribution in [0.2, 0.25) is 0 Å². The number of H-pyrrole nitrogens is 1. The fraction of sp³-hybridized carbons (Fsp3) is 0.0400. The van der Waals surface area contributed by atoms with Crippen molar-refractivity contribution < 1.29 is 4.79 Å². The molecule has 1 amide bonds. The Morgan fingerprint density at radius 3 is 2.52 bits per heavy atom. The molecule has 6 rings (SSSR count). The molecular formula is C25H17N5O. The molecular weight excluding hydrogens is 386 g/mol. The number of benzene rings is 2. The van der Waals surface area contributed by atoms with Crippen LogP contribution in [0.15, 0.2) is 85.3 Å². The molecule has 1 aliphatic rings. The van der Waals surface area contributed by atoms with E-state index in [9.17, 15) is 4.79 Å². The van der Waals surface area contributed by atoms with Crippen LogP contribution < -0.4 is 5.32 Å². The average Bonchev–Trinajstić information content (AvgIpc) is 3.39. The molecule has 0 aliphatic heterocycles. The molecule has 0 bridgehead atoms. The smallest absolute Gasteiger partial charge is 0.252 e. The third-order valence-electron chi connectivity index (χ3n) is 5.68. The molecule has 1 unspecified atom stereocenters. The standard InChI is InChI=1S/C25H17N5O/c31-25(15-10-13-26-14-11-15)29-22-17-6-2-1-5-16(17)21-18(22)7-3-8-19(21)23-28-20-9-4-12-27-24(20)30-23/h1-14,22H,(H,29,31)(H,27,28,30). The summed E-state index contributed by atoms with van der Waals surface area (Å²) in [5.41, 5.74) is 7.45. The molecule has 1 atom stereocenters. The molecule has 0 saturated carbocycles. The van der Waals surface area contributed by atoms with E-state index in [0.717, 1.165) is 39.2 Å². The summed E-state index contributed by atoms with van der Waals surface area (Å²) in [6.07, 6.45) is 4.99. The zero-order valence-corrected chi connectivity index (χ0v) is 16.4. The van der Waals surface area contributed by atoms with Gasteiger partial charge in [-0.2, -0.15) is 0 Å². The molecule has 0 radical (unpaired) electrons. The minimum Gasteiger partial charge on any atom is -0.341 e. The number of carbonyl (C=O) groups is 1. The summed E-state index contributed by atoms with van der Waals surface area (Å²) in [5, 5.41) is 3.20. The van der Waals surface area contributed by atoms with Gasteiger partial charge in [-0.3, -0.25) is 9.78 Å². The van der Waals surface area contributed by atoms with Crippen LogP contribution in [0, 0.1) is 0 Å². The average molecular weight is 403 g/mol. The van der Waals surface area contributed by atoms with E-state index >= 15 is 0 Å². The van der Waals surface area contributed by atoms with Crippen molar-refractivity contribution in [3.8, 4) is 22.5 Å². The number of pyridine rings is 2. The summed E-state index contributed by atoms with van der Waals surface area (Å²) < 4.78 is 0. The van der Waals surface area contributed by atoms with Gasteiger partial charge < -0.3 is 10.3 Å².